The first-order chi connectivity index (χ1) is 9.19. The second kappa shape index (κ2) is 8.87. The van der Waals surface area contributed by atoms with Gasteiger partial charge in [-0.2, -0.15) is 0 Å². The number of nitrogens with zero attached hydrogens (tertiary/aromatic N) is 2. The van der Waals surface area contributed by atoms with Crippen LogP contribution in [-0.2, 0) is 6.54 Å². The van der Waals surface area contributed by atoms with E-state index in [0.29, 0.717) is 0 Å². The number of nitrogens with one attached hydrogen (secondary N) is 1. The molecular formula is C15H23BrIN3. The van der Waals surface area contributed by atoms with Gasteiger partial charge in [-0.25, -0.2) is 0 Å². The quantitative estimate of drug-likeness (QED) is 0.418. The molecule has 5 heteroatoms. The summed E-state index contributed by atoms with van der Waals surface area (Å²) in [6, 6.07) is 8.45. The fourth-order valence-corrected chi connectivity index (χ4v) is 2.19. The zero-order valence-corrected chi connectivity index (χ0v) is 16.0. The van der Waals surface area contributed by atoms with Crippen LogP contribution < -0.4 is 5.32 Å². The molecule has 112 valence electrons. The van der Waals surface area contributed by atoms with E-state index in [1.165, 1.54) is 18.4 Å². The lowest BCUT2D eigenvalue weighted by molar-refractivity contribution is 0.476. The average Bonchev–Trinajstić information content (AvgIpc) is 3.21. The summed E-state index contributed by atoms with van der Waals surface area (Å²) >= 11 is 3.46. The lowest BCUT2D eigenvalue weighted by atomic mass is 10.2. The molecule has 0 spiro atoms. The van der Waals surface area contributed by atoms with E-state index in [1.54, 1.807) is 0 Å². The Kier molecular flexibility index (Phi) is 7.87. The third kappa shape index (κ3) is 5.99. The van der Waals surface area contributed by atoms with Gasteiger partial charge in [-0.1, -0.05) is 28.1 Å². The van der Waals surface area contributed by atoms with Gasteiger partial charge in [0.1, 0.15) is 0 Å². The van der Waals surface area contributed by atoms with Crippen molar-refractivity contribution in [3.63, 3.8) is 0 Å². The maximum absolute atomic E-state index is 4.71. The van der Waals surface area contributed by atoms with Crippen molar-refractivity contribution in [2.24, 2.45) is 10.9 Å². The Labute approximate surface area is 147 Å². The van der Waals surface area contributed by atoms with Gasteiger partial charge in [0.05, 0.1) is 0 Å². The van der Waals surface area contributed by atoms with Crippen molar-refractivity contribution in [3.05, 3.63) is 34.3 Å². The lowest BCUT2D eigenvalue weighted by Gasteiger charge is -2.22. The molecule has 0 atom stereocenters. The number of benzene rings is 1. The van der Waals surface area contributed by atoms with Gasteiger partial charge < -0.3 is 10.2 Å². The molecule has 1 aliphatic carbocycles. The highest BCUT2D eigenvalue weighted by Crippen LogP contribution is 2.28. The number of hydrogen-bond acceptors (Lipinski definition) is 1. The third-order valence-electron chi connectivity index (χ3n) is 3.23. The minimum absolute atomic E-state index is 0. The fraction of sp³-hybridized carbons (Fsp3) is 0.533. The molecule has 1 fully saturated rings. The summed E-state index contributed by atoms with van der Waals surface area (Å²) in [6.45, 7) is 4.87. The molecule has 0 heterocycles. The fourth-order valence-electron chi connectivity index (χ4n) is 1.92. The summed E-state index contributed by atoms with van der Waals surface area (Å²) in [5, 5.41) is 3.36. The second-order valence-electron chi connectivity index (χ2n) is 5.12. The molecule has 1 aromatic rings. The summed E-state index contributed by atoms with van der Waals surface area (Å²) in [4.78, 5) is 6.90. The number of rotatable bonds is 5. The Morgan fingerprint density at radius 3 is 2.55 bits per heavy atom. The van der Waals surface area contributed by atoms with Gasteiger partial charge in [-0.3, -0.25) is 4.99 Å². The van der Waals surface area contributed by atoms with Gasteiger partial charge in [-0.15, -0.1) is 24.0 Å². The minimum atomic E-state index is 0. The topological polar surface area (TPSA) is 27.6 Å². The lowest BCUT2D eigenvalue weighted by Crippen LogP contribution is -2.38. The summed E-state index contributed by atoms with van der Waals surface area (Å²) < 4.78 is 1.12. The van der Waals surface area contributed by atoms with Crippen LogP contribution in [0, 0.1) is 5.92 Å². The largest absolute Gasteiger partial charge is 0.357 e. The first-order valence-electron chi connectivity index (χ1n) is 6.93. The molecule has 1 N–H and O–H groups in total. The highest BCUT2D eigenvalue weighted by Gasteiger charge is 2.21. The summed E-state index contributed by atoms with van der Waals surface area (Å²) in [7, 11) is 2.09. The molecule has 1 aromatic carbocycles. The summed E-state index contributed by atoms with van der Waals surface area (Å²) in [6.07, 6.45) is 2.69. The number of halogens is 2. The number of aliphatic imine (C=N–C) groups is 1. The maximum atomic E-state index is 4.71. The zero-order valence-electron chi connectivity index (χ0n) is 12.1. The molecule has 3 nitrogen and oxygen atoms in total. The van der Waals surface area contributed by atoms with E-state index in [4.69, 9.17) is 4.99 Å². The first kappa shape index (κ1) is 17.8. The van der Waals surface area contributed by atoms with Crippen molar-refractivity contribution in [3.8, 4) is 0 Å². The summed E-state index contributed by atoms with van der Waals surface area (Å²) in [5.74, 6) is 1.84. The van der Waals surface area contributed by atoms with Crippen LogP contribution in [0.25, 0.3) is 0 Å². The van der Waals surface area contributed by atoms with Crippen LogP contribution in [0.1, 0.15) is 25.3 Å². The van der Waals surface area contributed by atoms with E-state index in [9.17, 15) is 0 Å². The molecule has 0 radical (unpaired) electrons. The number of guanidine groups is 1. The highest BCUT2D eigenvalue weighted by molar-refractivity contribution is 14.0. The van der Waals surface area contributed by atoms with Crippen molar-refractivity contribution in [2.75, 3.05) is 20.1 Å². The van der Waals surface area contributed by atoms with Crippen LogP contribution in [0.2, 0.25) is 0 Å². The zero-order chi connectivity index (χ0) is 13.7. The first-order valence-corrected chi connectivity index (χ1v) is 7.72. The monoisotopic (exact) mass is 451 g/mol. The summed E-state index contributed by atoms with van der Waals surface area (Å²) in [5.41, 5.74) is 1.29. The Bertz CT molecular complexity index is 429. The predicted molar refractivity (Wildman–Crippen MR) is 99.7 cm³/mol. The molecule has 2 rings (SSSR count). The average molecular weight is 452 g/mol. The SMILES string of the molecule is CCNC(=NCC1CC1)N(C)Cc1ccc(Br)cc1.I. The molecule has 0 bridgehead atoms. The molecule has 0 saturated heterocycles. The van der Waals surface area contributed by atoms with Crippen LogP contribution in [0.5, 0.6) is 0 Å². The molecule has 0 unspecified atom stereocenters. The molecular weight excluding hydrogens is 429 g/mol. The molecule has 0 aromatic heterocycles. The van der Waals surface area contributed by atoms with Crippen LogP contribution >= 0.6 is 39.9 Å². The van der Waals surface area contributed by atoms with Crippen molar-refractivity contribution in [1.29, 1.82) is 0 Å². The van der Waals surface area contributed by atoms with E-state index in [1.807, 2.05) is 0 Å². The van der Waals surface area contributed by atoms with Gasteiger partial charge in [0, 0.05) is 31.2 Å². The van der Waals surface area contributed by atoms with E-state index in [-0.39, 0.29) is 24.0 Å². The smallest absolute Gasteiger partial charge is 0.193 e. The molecule has 1 saturated carbocycles. The third-order valence-corrected chi connectivity index (χ3v) is 3.75. The van der Waals surface area contributed by atoms with E-state index in [2.05, 4.69) is 64.4 Å². The minimum Gasteiger partial charge on any atom is -0.357 e. The Morgan fingerprint density at radius 2 is 2.00 bits per heavy atom. The van der Waals surface area contributed by atoms with Crippen LogP contribution in [0.3, 0.4) is 0 Å². The molecule has 20 heavy (non-hydrogen) atoms. The van der Waals surface area contributed by atoms with Gasteiger partial charge in [-0.05, 0) is 43.4 Å². The molecule has 0 aliphatic heterocycles. The highest BCUT2D eigenvalue weighted by atomic mass is 127. The van der Waals surface area contributed by atoms with E-state index in [0.717, 1.165) is 36.0 Å². The van der Waals surface area contributed by atoms with E-state index < -0.39 is 0 Å². The Hall–Kier alpha value is -0.300. The molecule has 1 aliphatic rings. The Morgan fingerprint density at radius 1 is 1.35 bits per heavy atom. The van der Waals surface area contributed by atoms with Crippen molar-refractivity contribution in [2.45, 2.75) is 26.3 Å². The predicted octanol–water partition coefficient (Wildman–Crippen LogP) is 3.87. The van der Waals surface area contributed by atoms with Crippen molar-refractivity contribution >= 4 is 45.9 Å². The standard InChI is InChI=1S/C15H22BrN3.HI/c1-3-17-15(18-10-12-4-5-12)19(2)11-13-6-8-14(16)9-7-13;/h6-9,12H,3-5,10-11H2,1-2H3,(H,17,18);1H. The van der Waals surface area contributed by atoms with Gasteiger partial charge >= 0.3 is 0 Å². The normalized spacial score (nSPS) is 14.7. The van der Waals surface area contributed by atoms with Gasteiger partial charge in [0.25, 0.3) is 0 Å². The van der Waals surface area contributed by atoms with Crippen LogP contribution in [-0.4, -0.2) is 31.0 Å². The van der Waals surface area contributed by atoms with Gasteiger partial charge in [0.15, 0.2) is 5.96 Å². The Balaban J connectivity index is 0.00000200. The van der Waals surface area contributed by atoms with Crippen molar-refractivity contribution < 1.29 is 0 Å². The maximum Gasteiger partial charge on any atom is 0.193 e. The van der Waals surface area contributed by atoms with Crippen molar-refractivity contribution in [1.82, 2.24) is 10.2 Å². The molecule has 0 amide bonds. The van der Waals surface area contributed by atoms with Crippen LogP contribution in [0.4, 0.5) is 0 Å². The van der Waals surface area contributed by atoms with Crippen LogP contribution in [0.15, 0.2) is 33.7 Å². The van der Waals surface area contributed by atoms with E-state index >= 15 is 0 Å². The van der Waals surface area contributed by atoms with Gasteiger partial charge in [0.2, 0.25) is 0 Å². The number of hydrogen-bond donors (Lipinski definition) is 1. The second-order valence-corrected chi connectivity index (χ2v) is 6.04.